The highest BCUT2D eigenvalue weighted by atomic mass is 16.5. The molecule has 1 aromatic rings. The van der Waals surface area contributed by atoms with E-state index in [1.807, 2.05) is 0 Å². The lowest BCUT2D eigenvalue weighted by molar-refractivity contribution is -0.147. The number of hydrogen-bond acceptors (Lipinski definition) is 7. The van der Waals surface area contributed by atoms with E-state index >= 15 is 0 Å². The Morgan fingerprint density at radius 2 is 1.81 bits per heavy atom. The predicted octanol–water partition coefficient (Wildman–Crippen LogP) is 0.428. The third-order valence-corrected chi connectivity index (χ3v) is 3.27. The molecule has 0 heterocycles. The van der Waals surface area contributed by atoms with Gasteiger partial charge in [-0.25, -0.2) is 0 Å². The van der Waals surface area contributed by atoms with E-state index in [1.165, 1.54) is 13.2 Å². The van der Waals surface area contributed by atoms with E-state index in [2.05, 4.69) is 10.6 Å². The molecule has 0 aliphatic rings. The van der Waals surface area contributed by atoms with Crippen LogP contribution in [-0.2, 0) is 23.9 Å². The third-order valence-electron chi connectivity index (χ3n) is 3.27. The molecule has 0 bridgehead atoms. The Bertz CT molecular complexity index is 661. The number of ether oxygens (including phenoxy) is 3. The van der Waals surface area contributed by atoms with Gasteiger partial charge in [0.2, 0.25) is 0 Å². The van der Waals surface area contributed by atoms with E-state index < -0.39 is 24.4 Å². The van der Waals surface area contributed by atoms with Gasteiger partial charge in [0.1, 0.15) is 12.3 Å². The molecule has 2 amide bonds. The number of carbonyl (C=O) groups excluding carboxylic acids is 4. The Kier molecular flexibility index (Phi) is 9.98. The molecular formula is C18H24N2O7. The molecule has 2 N–H and O–H groups in total. The molecule has 0 unspecified atom stereocenters. The molecular weight excluding hydrogens is 356 g/mol. The Morgan fingerprint density at radius 1 is 1.04 bits per heavy atom. The minimum absolute atomic E-state index is 0.199. The summed E-state index contributed by atoms with van der Waals surface area (Å²) in [5.41, 5.74) is 0.335. The summed E-state index contributed by atoms with van der Waals surface area (Å²) < 4.78 is 14.5. The summed E-state index contributed by atoms with van der Waals surface area (Å²) in [6.07, 6.45) is 0.624. The maximum atomic E-state index is 11.9. The first kappa shape index (κ1) is 21.9. The van der Waals surface area contributed by atoms with E-state index in [0.717, 1.165) is 0 Å². The number of esters is 2. The topological polar surface area (TPSA) is 120 Å². The molecule has 0 fully saturated rings. The van der Waals surface area contributed by atoms with Crippen LogP contribution in [0, 0.1) is 0 Å². The molecule has 27 heavy (non-hydrogen) atoms. The maximum absolute atomic E-state index is 11.9. The molecule has 0 aliphatic heterocycles. The zero-order valence-electron chi connectivity index (χ0n) is 15.4. The fourth-order valence-corrected chi connectivity index (χ4v) is 1.96. The lowest BCUT2D eigenvalue weighted by atomic mass is 10.2. The number of carbonyl (C=O) groups is 4. The summed E-state index contributed by atoms with van der Waals surface area (Å²) in [4.78, 5) is 46.2. The molecule has 1 rings (SSSR count). The van der Waals surface area contributed by atoms with Crippen molar-refractivity contribution in [2.75, 3.05) is 33.4 Å². The van der Waals surface area contributed by atoms with Gasteiger partial charge < -0.3 is 24.8 Å². The first-order valence-corrected chi connectivity index (χ1v) is 8.46. The monoisotopic (exact) mass is 380 g/mol. The zero-order valence-corrected chi connectivity index (χ0v) is 15.4. The van der Waals surface area contributed by atoms with Crippen LogP contribution >= 0.6 is 0 Å². The van der Waals surface area contributed by atoms with Gasteiger partial charge in [0.05, 0.1) is 13.7 Å². The van der Waals surface area contributed by atoms with E-state index in [4.69, 9.17) is 14.2 Å². The number of rotatable bonds is 11. The predicted molar refractivity (Wildman–Crippen MR) is 95.2 cm³/mol. The van der Waals surface area contributed by atoms with Crippen LogP contribution in [0.4, 0.5) is 0 Å². The smallest absolute Gasteiger partial charge is 0.325 e. The number of nitrogens with one attached hydrogen (secondary N) is 2. The quantitative estimate of drug-likeness (QED) is 0.422. The minimum Gasteiger partial charge on any atom is -0.497 e. The highest BCUT2D eigenvalue weighted by Gasteiger charge is 2.11. The average molecular weight is 380 g/mol. The van der Waals surface area contributed by atoms with Crippen LogP contribution in [0.15, 0.2) is 24.3 Å². The van der Waals surface area contributed by atoms with Gasteiger partial charge in [0.25, 0.3) is 11.8 Å². The molecule has 9 nitrogen and oxygen atoms in total. The van der Waals surface area contributed by atoms with Gasteiger partial charge in [0, 0.05) is 18.5 Å². The van der Waals surface area contributed by atoms with Crippen molar-refractivity contribution in [3.05, 3.63) is 29.8 Å². The summed E-state index contributed by atoms with van der Waals surface area (Å²) in [6.45, 7) is 1.46. The lowest BCUT2D eigenvalue weighted by Crippen LogP contribution is -2.34. The van der Waals surface area contributed by atoms with E-state index in [9.17, 15) is 19.2 Å². The molecule has 0 saturated carbocycles. The molecule has 148 valence electrons. The van der Waals surface area contributed by atoms with Crippen molar-refractivity contribution in [3.63, 3.8) is 0 Å². The van der Waals surface area contributed by atoms with Crippen LogP contribution in [0.1, 0.15) is 30.1 Å². The Hall–Kier alpha value is -3.10. The molecule has 1 aromatic carbocycles. The Labute approximate surface area is 157 Å². The first-order valence-electron chi connectivity index (χ1n) is 8.46. The molecule has 0 saturated heterocycles. The Balaban J connectivity index is 2.20. The largest absolute Gasteiger partial charge is 0.497 e. The van der Waals surface area contributed by atoms with Crippen molar-refractivity contribution in [2.45, 2.75) is 19.8 Å². The molecule has 0 aromatic heterocycles. The highest BCUT2D eigenvalue weighted by Crippen LogP contribution is 2.12. The number of benzene rings is 1. The molecule has 0 atom stereocenters. The number of hydrogen-bond donors (Lipinski definition) is 2. The summed E-state index contributed by atoms with van der Waals surface area (Å²) in [5.74, 6) is -1.51. The molecule has 0 spiro atoms. The summed E-state index contributed by atoms with van der Waals surface area (Å²) in [7, 11) is 1.48. The van der Waals surface area contributed by atoms with Crippen molar-refractivity contribution in [2.24, 2.45) is 0 Å². The van der Waals surface area contributed by atoms with E-state index in [0.29, 0.717) is 24.3 Å². The van der Waals surface area contributed by atoms with Crippen molar-refractivity contribution >= 4 is 23.8 Å². The third kappa shape index (κ3) is 9.24. The van der Waals surface area contributed by atoms with Crippen LogP contribution in [0.5, 0.6) is 5.75 Å². The summed E-state index contributed by atoms with van der Waals surface area (Å²) in [6, 6.07) is 6.45. The normalized spacial score (nSPS) is 9.85. The minimum atomic E-state index is -0.743. The standard InChI is InChI=1S/C18H24N2O7/c1-3-26-16(22)8-5-9-19-15(21)12-27-17(23)11-20-18(24)13-6-4-7-14(10-13)25-2/h4,6-7,10H,3,5,8-9,11-12H2,1-2H3,(H,19,21)(H,20,24). The van der Waals surface area contributed by atoms with E-state index in [-0.39, 0.29) is 25.5 Å². The lowest BCUT2D eigenvalue weighted by Gasteiger charge is -2.08. The van der Waals surface area contributed by atoms with Gasteiger partial charge in [-0.2, -0.15) is 0 Å². The average Bonchev–Trinajstić information content (AvgIpc) is 2.68. The van der Waals surface area contributed by atoms with Gasteiger partial charge in [-0.1, -0.05) is 6.07 Å². The van der Waals surface area contributed by atoms with Gasteiger partial charge in [-0.05, 0) is 31.5 Å². The number of amides is 2. The van der Waals surface area contributed by atoms with E-state index in [1.54, 1.807) is 25.1 Å². The van der Waals surface area contributed by atoms with Crippen molar-refractivity contribution < 1.29 is 33.4 Å². The van der Waals surface area contributed by atoms with Crippen LogP contribution in [-0.4, -0.2) is 57.2 Å². The fourth-order valence-electron chi connectivity index (χ4n) is 1.96. The van der Waals surface area contributed by atoms with Crippen LogP contribution in [0.2, 0.25) is 0 Å². The molecule has 0 aliphatic carbocycles. The summed E-state index contributed by atoms with van der Waals surface area (Å²) >= 11 is 0. The van der Waals surface area contributed by atoms with Crippen LogP contribution < -0.4 is 15.4 Å². The second-order valence-electron chi connectivity index (χ2n) is 5.33. The zero-order chi connectivity index (χ0) is 20.1. The van der Waals surface area contributed by atoms with Crippen molar-refractivity contribution in [1.82, 2.24) is 10.6 Å². The summed E-state index contributed by atoms with van der Waals surface area (Å²) in [5, 5.41) is 4.91. The van der Waals surface area contributed by atoms with Gasteiger partial charge in [-0.15, -0.1) is 0 Å². The Morgan fingerprint density at radius 3 is 2.52 bits per heavy atom. The SMILES string of the molecule is CCOC(=O)CCCNC(=O)COC(=O)CNC(=O)c1cccc(OC)c1. The van der Waals surface area contributed by atoms with Gasteiger partial charge >= 0.3 is 11.9 Å². The van der Waals surface area contributed by atoms with Crippen LogP contribution in [0.3, 0.4) is 0 Å². The van der Waals surface area contributed by atoms with Gasteiger partial charge in [-0.3, -0.25) is 19.2 Å². The maximum Gasteiger partial charge on any atom is 0.325 e. The first-order chi connectivity index (χ1) is 13.0. The van der Waals surface area contributed by atoms with Gasteiger partial charge in [0.15, 0.2) is 6.61 Å². The van der Waals surface area contributed by atoms with Crippen LogP contribution in [0.25, 0.3) is 0 Å². The molecule has 9 heteroatoms. The fraction of sp³-hybridized carbons (Fsp3) is 0.444. The number of methoxy groups -OCH3 is 1. The van der Waals surface area contributed by atoms with Crippen molar-refractivity contribution in [1.29, 1.82) is 0 Å². The second-order valence-corrected chi connectivity index (χ2v) is 5.33. The second kappa shape index (κ2) is 12.3. The highest BCUT2D eigenvalue weighted by molar-refractivity contribution is 5.96. The molecule has 0 radical (unpaired) electrons. The van der Waals surface area contributed by atoms with Crippen molar-refractivity contribution in [3.8, 4) is 5.75 Å².